The van der Waals surface area contributed by atoms with E-state index in [1.54, 1.807) is 6.20 Å². The summed E-state index contributed by atoms with van der Waals surface area (Å²) < 4.78 is 8.48. The molecule has 0 saturated carbocycles. The lowest BCUT2D eigenvalue weighted by Crippen LogP contribution is -2.48. The highest BCUT2D eigenvalue weighted by atomic mass is 79.9. The van der Waals surface area contributed by atoms with Crippen molar-refractivity contribution < 1.29 is 4.74 Å². The molecule has 1 aromatic heterocycles. The normalized spacial score (nSPS) is 17.4. The lowest BCUT2D eigenvalue weighted by molar-refractivity contribution is 0.00450. The minimum absolute atomic E-state index is 0.377. The molecule has 13 heavy (non-hydrogen) atoms. The zero-order chi connectivity index (χ0) is 9.26. The first-order chi connectivity index (χ1) is 6.27. The van der Waals surface area contributed by atoms with Crippen LogP contribution in [-0.4, -0.2) is 29.0 Å². The fourth-order valence-electron chi connectivity index (χ4n) is 1.18. The van der Waals surface area contributed by atoms with E-state index in [0.29, 0.717) is 12.7 Å². The summed E-state index contributed by atoms with van der Waals surface area (Å²) in [6.07, 6.45) is 2.17. The van der Waals surface area contributed by atoms with Gasteiger partial charge in [-0.05, 0) is 15.9 Å². The van der Waals surface area contributed by atoms with E-state index in [0.717, 1.165) is 23.3 Å². The summed E-state index contributed by atoms with van der Waals surface area (Å²) in [4.78, 5) is 0. The smallest absolute Gasteiger partial charge is 0.0901 e. The first-order valence-electron chi connectivity index (χ1n) is 4.26. The molecule has 0 spiro atoms. The van der Waals surface area contributed by atoms with Crippen LogP contribution in [0.3, 0.4) is 0 Å². The number of hydrogen-bond donors (Lipinski definition) is 1. The van der Waals surface area contributed by atoms with Gasteiger partial charge in [0.15, 0.2) is 0 Å². The molecular weight excluding hydrogens is 234 g/mol. The van der Waals surface area contributed by atoms with Gasteiger partial charge in [-0.3, -0.25) is 4.68 Å². The summed E-state index contributed by atoms with van der Waals surface area (Å²) in [5, 5.41) is 7.27. The van der Waals surface area contributed by atoms with Gasteiger partial charge in [0.2, 0.25) is 0 Å². The highest BCUT2D eigenvalue weighted by molar-refractivity contribution is 9.10. The first-order valence-corrected chi connectivity index (χ1v) is 5.05. The monoisotopic (exact) mass is 245 g/mol. The van der Waals surface area contributed by atoms with Crippen molar-refractivity contribution in [1.29, 1.82) is 0 Å². The van der Waals surface area contributed by atoms with E-state index in [4.69, 9.17) is 4.74 Å². The molecule has 1 fully saturated rings. The average Bonchev–Trinajstić information content (AvgIpc) is 2.32. The van der Waals surface area contributed by atoms with Crippen LogP contribution in [0.1, 0.15) is 5.69 Å². The van der Waals surface area contributed by atoms with Gasteiger partial charge < -0.3 is 10.1 Å². The van der Waals surface area contributed by atoms with Crippen LogP contribution in [0.15, 0.2) is 10.7 Å². The molecule has 2 heterocycles. The molecule has 4 nitrogen and oxygen atoms in total. The van der Waals surface area contributed by atoms with E-state index in [1.807, 2.05) is 11.7 Å². The van der Waals surface area contributed by atoms with Gasteiger partial charge in [0, 0.05) is 20.1 Å². The van der Waals surface area contributed by atoms with Crippen LogP contribution in [0.5, 0.6) is 0 Å². The number of halogens is 1. The predicted molar refractivity (Wildman–Crippen MR) is 52.4 cm³/mol. The molecule has 0 unspecified atom stereocenters. The maximum Gasteiger partial charge on any atom is 0.0901 e. The number of hydrogen-bond acceptors (Lipinski definition) is 3. The summed E-state index contributed by atoms with van der Waals surface area (Å²) in [7, 11) is 1.92. The lowest BCUT2D eigenvalue weighted by Gasteiger charge is -2.27. The van der Waals surface area contributed by atoms with Gasteiger partial charge in [-0.25, -0.2) is 0 Å². The maximum atomic E-state index is 5.63. The van der Waals surface area contributed by atoms with E-state index >= 15 is 0 Å². The molecule has 1 aliphatic heterocycles. The molecule has 0 amide bonds. The third kappa shape index (κ3) is 1.92. The van der Waals surface area contributed by atoms with Crippen molar-refractivity contribution in [3.63, 3.8) is 0 Å². The van der Waals surface area contributed by atoms with Crippen molar-refractivity contribution in [2.24, 2.45) is 7.05 Å². The minimum Gasteiger partial charge on any atom is -0.369 e. The second-order valence-corrected chi connectivity index (χ2v) is 4.01. The Bertz CT molecular complexity index is 276. The Balaban J connectivity index is 1.92. The molecule has 1 aromatic rings. The zero-order valence-electron chi connectivity index (χ0n) is 7.46. The van der Waals surface area contributed by atoms with Gasteiger partial charge in [-0.2, -0.15) is 5.10 Å². The number of nitrogens with one attached hydrogen (secondary N) is 1. The molecular formula is C8H12BrN3O. The second kappa shape index (κ2) is 3.77. The highest BCUT2D eigenvalue weighted by Crippen LogP contribution is 2.16. The Labute approximate surface area is 85.4 Å². The van der Waals surface area contributed by atoms with Gasteiger partial charge in [0.05, 0.1) is 29.1 Å². The van der Waals surface area contributed by atoms with Gasteiger partial charge in [-0.15, -0.1) is 0 Å². The van der Waals surface area contributed by atoms with Crippen LogP contribution < -0.4 is 5.32 Å². The molecule has 2 rings (SSSR count). The molecule has 1 N–H and O–H groups in total. The molecule has 1 saturated heterocycles. The first kappa shape index (κ1) is 9.18. The van der Waals surface area contributed by atoms with Crippen molar-refractivity contribution in [2.45, 2.75) is 12.7 Å². The van der Waals surface area contributed by atoms with Crippen LogP contribution in [0.2, 0.25) is 0 Å². The SMILES string of the molecule is Cn1ncc(Br)c1COC1CNC1. The van der Waals surface area contributed by atoms with Crippen molar-refractivity contribution in [2.75, 3.05) is 13.1 Å². The molecule has 0 aliphatic carbocycles. The summed E-state index contributed by atoms with van der Waals surface area (Å²) >= 11 is 3.43. The Hall–Kier alpha value is -0.390. The fraction of sp³-hybridized carbons (Fsp3) is 0.625. The van der Waals surface area contributed by atoms with Crippen molar-refractivity contribution in [1.82, 2.24) is 15.1 Å². The Morgan fingerprint density at radius 1 is 1.77 bits per heavy atom. The minimum atomic E-state index is 0.377. The number of aromatic nitrogens is 2. The Kier molecular flexibility index (Phi) is 2.66. The number of ether oxygens (including phenoxy) is 1. The molecule has 0 aromatic carbocycles. The zero-order valence-corrected chi connectivity index (χ0v) is 9.04. The molecule has 0 bridgehead atoms. The predicted octanol–water partition coefficient (Wildman–Crippen LogP) is 0.671. The molecule has 72 valence electrons. The Morgan fingerprint density at radius 3 is 3.00 bits per heavy atom. The molecule has 0 radical (unpaired) electrons. The van der Waals surface area contributed by atoms with E-state index in [9.17, 15) is 0 Å². The lowest BCUT2D eigenvalue weighted by atomic mass is 10.2. The third-order valence-electron chi connectivity index (χ3n) is 2.21. The van der Waals surface area contributed by atoms with Crippen LogP contribution in [-0.2, 0) is 18.4 Å². The van der Waals surface area contributed by atoms with Crippen LogP contribution >= 0.6 is 15.9 Å². The van der Waals surface area contributed by atoms with Crippen LogP contribution in [0, 0.1) is 0 Å². The van der Waals surface area contributed by atoms with Crippen molar-refractivity contribution in [3.8, 4) is 0 Å². The van der Waals surface area contributed by atoms with Gasteiger partial charge in [-0.1, -0.05) is 0 Å². The highest BCUT2D eigenvalue weighted by Gasteiger charge is 2.18. The standard InChI is InChI=1S/C8H12BrN3O/c1-12-8(7(9)4-11-12)5-13-6-2-10-3-6/h4,6,10H,2-3,5H2,1H3. The van der Waals surface area contributed by atoms with Gasteiger partial charge >= 0.3 is 0 Å². The van der Waals surface area contributed by atoms with Crippen molar-refractivity contribution >= 4 is 15.9 Å². The topological polar surface area (TPSA) is 39.1 Å². The van der Waals surface area contributed by atoms with Crippen molar-refractivity contribution in [3.05, 3.63) is 16.4 Å². The number of nitrogens with zero attached hydrogens (tertiary/aromatic N) is 2. The summed E-state index contributed by atoms with van der Waals surface area (Å²) in [6.45, 7) is 2.56. The fourth-order valence-corrected chi connectivity index (χ4v) is 1.64. The maximum absolute atomic E-state index is 5.63. The second-order valence-electron chi connectivity index (χ2n) is 3.15. The largest absolute Gasteiger partial charge is 0.369 e. The molecule has 5 heteroatoms. The third-order valence-corrected chi connectivity index (χ3v) is 2.87. The van der Waals surface area contributed by atoms with Gasteiger partial charge in [0.25, 0.3) is 0 Å². The van der Waals surface area contributed by atoms with E-state index in [1.165, 1.54) is 0 Å². The Morgan fingerprint density at radius 2 is 2.54 bits per heavy atom. The average molecular weight is 246 g/mol. The van der Waals surface area contributed by atoms with E-state index < -0.39 is 0 Å². The number of rotatable bonds is 3. The van der Waals surface area contributed by atoms with E-state index in [-0.39, 0.29) is 0 Å². The number of aryl methyl sites for hydroxylation is 1. The molecule has 0 atom stereocenters. The van der Waals surface area contributed by atoms with Crippen LogP contribution in [0.4, 0.5) is 0 Å². The summed E-state index contributed by atoms with van der Waals surface area (Å²) in [5.41, 5.74) is 1.09. The van der Waals surface area contributed by atoms with Crippen LogP contribution in [0.25, 0.3) is 0 Å². The van der Waals surface area contributed by atoms with E-state index in [2.05, 4.69) is 26.3 Å². The van der Waals surface area contributed by atoms with Gasteiger partial charge in [0.1, 0.15) is 0 Å². The summed E-state index contributed by atoms with van der Waals surface area (Å²) in [5.74, 6) is 0. The summed E-state index contributed by atoms with van der Waals surface area (Å²) in [6, 6.07) is 0. The quantitative estimate of drug-likeness (QED) is 0.852. The molecule has 1 aliphatic rings.